The minimum Gasteiger partial charge on any atom is -0.506 e. The van der Waals surface area contributed by atoms with Gasteiger partial charge in [0.05, 0.1) is 16.9 Å². The number of aromatic hydroxyl groups is 1. The van der Waals surface area contributed by atoms with Crippen molar-refractivity contribution in [3.8, 4) is 11.5 Å². The third-order valence-corrected chi connectivity index (χ3v) is 7.15. The number of hydrogen-bond acceptors (Lipinski definition) is 10. The fourth-order valence-corrected chi connectivity index (χ4v) is 5.17. The van der Waals surface area contributed by atoms with Crippen molar-refractivity contribution >= 4 is 43.5 Å². The van der Waals surface area contributed by atoms with Crippen molar-refractivity contribution in [3.63, 3.8) is 0 Å². The van der Waals surface area contributed by atoms with E-state index in [0.29, 0.717) is 10.9 Å². The minimum absolute atomic E-state index is 0.0143. The Morgan fingerprint density at radius 2 is 1.64 bits per heavy atom. The minimum atomic E-state index is -1.94. The van der Waals surface area contributed by atoms with Crippen LogP contribution in [0, 0.1) is 6.92 Å². The van der Waals surface area contributed by atoms with Gasteiger partial charge in [-0.15, -0.1) is 0 Å². The summed E-state index contributed by atoms with van der Waals surface area (Å²) in [5.74, 6) is -0.343. The summed E-state index contributed by atoms with van der Waals surface area (Å²) in [6.45, 7) is 4.50. The standard InChI is InChI=1S/C26H22O10/c1-9-7-8-13-16-14(9)23(30)36-20-15-11(19(27)18(17(16)20)24(31)34-13)5-4-6-12(15)35-25-22(29)26(3,32)21(28)10(2)33-25/h4-8,10,21-22,25,27-29,32H,1-3H3/t10-,21+,22+,25?,26+/m1/s1. The normalized spacial score (nSPS) is 26.9. The first-order valence-corrected chi connectivity index (χ1v) is 11.3. The van der Waals surface area contributed by atoms with Crippen LogP contribution in [-0.2, 0) is 4.74 Å². The molecule has 36 heavy (non-hydrogen) atoms. The van der Waals surface area contributed by atoms with Crippen LogP contribution < -0.4 is 16.0 Å². The number of fused-ring (bicyclic) bond motifs is 2. The maximum Gasteiger partial charge on any atom is 0.348 e. The van der Waals surface area contributed by atoms with Gasteiger partial charge in [0.2, 0.25) is 6.29 Å². The summed E-state index contributed by atoms with van der Waals surface area (Å²) in [5.41, 5.74) is -2.67. The molecule has 3 aromatic carbocycles. The topological polar surface area (TPSA) is 160 Å². The molecule has 10 nitrogen and oxygen atoms in total. The number of rotatable bonds is 2. The Balaban J connectivity index is 1.70. The zero-order valence-corrected chi connectivity index (χ0v) is 19.4. The van der Waals surface area contributed by atoms with E-state index in [4.69, 9.17) is 18.3 Å². The second-order valence-corrected chi connectivity index (χ2v) is 9.46. The van der Waals surface area contributed by atoms with Crippen LogP contribution in [0.1, 0.15) is 19.4 Å². The Hall–Kier alpha value is -3.70. The van der Waals surface area contributed by atoms with E-state index in [1.807, 2.05) is 0 Å². The van der Waals surface area contributed by atoms with Gasteiger partial charge in [-0.2, -0.15) is 0 Å². The molecule has 1 unspecified atom stereocenters. The highest BCUT2D eigenvalue weighted by Crippen LogP contribution is 2.45. The van der Waals surface area contributed by atoms with Crippen LogP contribution in [0.4, 0.5) is 0 Å². The van der Waals surface area contributed by atoms with Crippen LogP contribution in [0.25, 0.3) is 43.5 Å². The predicted molar refractivity (Wildman–Crippen MR) is 129 cm³/mol. The second kappa shape index (κ2) is 7.40. The summed E-state index contributed by atoms with van der Waals surface area (Å²) in [4.78, 5) is 26.0. The van der Waals surface area contributed by atoms with Crippen LogP contribution in [-0.4, -0.2) is 50.6 Å². The van der Waals surface area contributed by atoms with Crippen LogP contribution in [0.15, 0.2) is 48.8 Å². The van der Waals surface area contributed by atoms with Crippen LogP contribution in [0.3, 0.4) is 0 Å². The number of aliphatic hydroxyl groups excluding tert-OH is 2. The molecule has 0 aliphatic carbocycles. The second-order valence-electron chi connectivity index (χ2n) is 9.46. The molecule has 0 radical (unpaired) electrons. The molecule has 1 fully saturated rings. The maximum absolute atomic E-state index is 13.1. The Kier molecular flexibility index (Phi) is 4.68. The average Bonchev–Trinajstić information content (AvgIpc) is 2.83. The van der Waals surface area contributed by atoms with Crippen molar-refractivity contribution in [1.82, 2.24) is 0 Å². The van der Waals surface area contributed by atoms with Gasteiger partial charge in [0.25, 0.3) is 0 Å². The van der Waals surface area contributed by atoms with Gasteiger partial charge in [0, 0.05) is 16.2 Å². The molecule has 0 bridgehead atoms. The molecule has 0 spiro atoms. The molecule has 4 N–H and O–H groups in total. The quantitative estimate of drug-likeness (QED) is 0.163. The van der Waals surface area contributed by atoms with E-state index in [9.17, 15) is 30.0 Å². The first-order valence-electron chi connectivity index (χ1n) is 11.3. The molecule has 5 atom stereocenters. The zero-order valence-electron chi connectivity index (χ0n) is 19.4. The average molecular weight is 494 g/mol. The van der Waals surface area contributed by atoms with Gasteiger partial charge in [0.15, 0.2) is 5.58 Å². The molecular formula is C26H22O10. The Morgan fingerprint density at radius 3 is 2.39 bits per heavy atom. The van der Waals surface area contributed by atoms with E-state index in [2.05, 4.69) is 0 Å². The highest BCUT2D eigenvalue weighted by molar-refractivity contribution is 6.28. The van der Waals surface area contributed by atoms with Crippen molar-refractivity contribution in [2.75, 3.05) is 0 Å². The van der Waals surface area contributed by atoms with Crippen molar-refractivity contribution in [3.05, 3.63) is 56.7 Å². The summed E-state index contributed by atoms with van der Waals surface area (Å²) in [5, 5.41) is 43.6. The van der Waals surface area contributed by atoms with Crippen LogP contribution >= 0.6 is 0 Å². The smallest absolute Gasteiger partial charge is 0.348 e. The van der Waals surface area contributed by atoms with Gasteiger partial charge in [-0.05, 0) is 38.5 Å². The highest BCUT2D eigenvalue weighted by Gasteiger charge is 2.52. The molecule has 10 heteroatoms. The number of phenolic OH excluding ortho intramolecular Hbond substituents is 1. The summed E-state index contributed by atoms with van der Waals surface area (Å²) in [6.07, 6.45) is -5.31. The van der Waals surface area contributed by atoms with Gasteiger partial charge in [0.1, 0.15) is 40.3 Å². The summed E-state index contributed by atoms with van der Waals surface area (Å²) < 4.78 is 22.7. The first-order chi connectivity index (χ1) is 17.0. The van der Waals surface area contributed by atoms with E-state index in [-0.39, 0.29) is 43.8 Å². The third-order valence-electron chi connectivity index (χ3n) is 7.15. The number of benzene rings is 3. The van der Waals surface area contributed by atoms with E-state index in [1.54, 1.807) is 19.1 Å². The number of hydrogen-bond donors (Lipinski definition) is 4. The molecule has 0 amide bonds. The SMILES string of the molecule is Cc1ccc2oc(=O)c3c(O)c4cccc(OC5O[C@H](C)[C@H](O)[C@](C)(O)[C@H]5O)c4c4oc(=O)c1c2c34. The van der Waals surface area contributed by atoms with Gasteiger partial charge in [-0.3, -0.25) is 0 Å². The van der Waals surface area contributed by atoms with Crippen LogP contribution in [0.2, 0.25) is 0 Å². The lowest BCUT2D eigenvalue weighted by molar-refractivity contribution is -0.300. The lowest BCUT2D eigenvalue weighted by atomic mass is 9.86. The van der Waals surface area contributed by atoms with Gasteiger partial charge >= 0.3 is 11.3 Å². The molecule has 0 saturated carbocycles. The predicted octanol–water partition coefficient (Wildman–Crippen LogP) is 2.25. The molecular weight excluding hydrogens is 472 g/mol. The third kappa shape index (κ3) is 2.86. The summed E-state index contributed by atoms with van der Waals surface area (Å²) in [6, 6.07) is 7.76. The molecule has 1 saturated heterocycles. The van der Waals surface area contributed by atoms with Crippen LogP contribution in [0.5, 0.6) is 11.5 Å². The van der Waals surface area contributed by atoms with Crippen molar-refractivity contribution in [2.24, 2.45) is 0 Å². The summed E-state index contributed by atoms with van der Waals surface area (Å²) >= 11 is 0. The fraction of sp³-hybridized carbons (Fsp3) is 0.308. The highest BCUT2D eigenvalue weighted by atomic mass is 16.7. The first kappa shape index (κ1) is 22.7. The van der Waals surface area contributed by atoms with Gasteiger partial charge < -0.3 is 38.7 Å². The zero-order chi connectivity index (χ0) is 25.7. The summed E-state index contributed by atoms with van der Waals surface area (Å²) in [7, 11) is 0. The Morgan fingerprint density at radius 1 is 0.917 bits per heavy atom. The molecule has 1 aliphatic rings. The van der Waals surface area contributed by atoms with E-state index < -0.39 is 47.2 Å². The van der Waals surface area contributed by atoms with Gasteiger partial charge in [-0.25, -0.2) is 9.59 Å². The molecule has 186 valence electrons. The molecule has 3 heterocycles. The number of aryl methyl sites for hydroxylation is 1. The fourth-order valence-electron chi connectivity index (χ4n) is 5.17. The molecule has 1 aliphatic heterocycles. The lowest BCUT2D eigenvalue weighted by Gasteiger charge is -2.45. The molecule has 6 rings (SSSR count). The molecule has 5 aromatic rings. The van der Waals surface area contributed by atoms with Crippen molar-refractivity contribution < 1.29 is 38.7 Å². The van der Waals surface area contributed by atoms with E-state index >= 15 is 0 Å². The maximum atomic E-state index is 13.1. The Bertz CT molecular complexity index is 1800. The molecule has 2 aromatic heterocycles. The van der Waals surface area contributed by atoms with Crippen molar-refractivity contribution in [2.45, 2.75) is 51.0 Å². The number of aliphatic hydroxyl groups is 3. The Labute approximate surface area is 201 Å². The number of phenols is 1. The van der Waals surface area contributed by atoms with E-state index in [1.165, 1.54) is 32.0 Å². The van der Waals surface area contributed by atoms with Gasteiger partial charge in [-0.1, -0.05) is 18.2 Å². The number of ether oxygens (including phenoxy) is 2. The monoisotopic (exact) mass is 494 g/mol. The van der Waals surface area contributed by atoms with E-state index in [0.717, 1.165) is 0 Å². The lowest BCUT2D eigenvalue weighted by Crippen LogP contribution is -2.65. The van der Waals surface area contributed by atoms with Crippen molar-refractivity contribution in [1.29, 1.82) is 0 Å². The largest absolute Gasteiger partial charge is 0.506 e.